The lowest BCUT2D eigenvalue weighted by Crippen LogP contribution is -2.51. The lowest BCUT2D eigenvalue weighted by Gasteiger charge is -2.36. The van der Waals surface area contributed by atoms with Crippen molar-refractivity contribution in [2.24, 2.45) is 0 Å². The summed E-state index contributed by atoms with van der Waals surface area (Å²) in [6, 6.07) is 15.6. The van der Waals surface area contributed by atoms with Gasteiger partial charge in [0.1, 0.15) is 5.75 Å². The maximum Gasteiger partial charge on any atom is 0.238 e. The third-order valence-electron chi connectivity index (χ3n) is 5.17. The number of amides is 2. The van der Waals surface area contributed by atoms with Gasteiger partial charge in [-0.05, 0) is 43.8 Å². The normalized spacial score (nSPS) is 14.0. The van der Waals surface area contributed by atoms with Crippen LogP contribution in [0.2, 0.25) is 0 Å². The van der Waals surface area contributed by atoms with Crippen LogP contribution in [0, 0.1) is 6.92 Å². The number of nitrogens with zero attached hydrogens (tertiary/aromatic N) is 3. The maximum atomic E-state index is 12.6. The zero-order chi connectivity index (χ0) is 21.5. The van der Waals surface area contributed by atoms with Crippen LogP contribution in [0.1, 0.15) is 5.56 Å². The molecule has 0 aromatic heterocycles. The number of carbonyl (C=O) groups excluding carboxylic acids is 2. The zero-order valence-electron chi connectivity index (χ0n) is 17.9. The fourth-order valence-corrected chi connectivity index (χ4v) is 3.57. The lowest BCUT2D eigenvalue weighted by molar-refractivity contribution is -0.132. The average Bonchev–Trinajstić information content (AvgIpc) is 2.73. The van der Waals surface area contributed by atoms with E-state index in [9.17, 15) is 9.59 Å². The average molecular weight is 411 g/mol. The van der Waals surface area contributed by atoms with Gasteiger partial charge in [-0.2, -0.15) is 0 Å². The summed E-state index contributed by atoms with van der Waals surface area (Å²) in [6.45, 7) is 5.46. The predicted molar refractivity (Wildman–Crippen MR) is 119 cm³/mol. The van der Waals surface area contributed by atoms with Crippen LogP contribution in [-0.2, 0) is 9.59 Å². The largest absolute Gasteiger partial charge is 0.497 e. The van der Waals surface area contributed by atoms with Crippen molar-refractivity contribution in [2.45, 2.75) is 6.92 Å². The molecule has 2 aromatic carbocycles. The number of piperazine rings is 1. The first kappa shape index (κ1) is 21.6. The van der Waals surface area contributed by atoms with Crippen molar-refractivity contribution in [3.8, 4) is 5.75 Å². The highest BCUT2D eigenvalue weighted by Crippen LogP contribution is 2.18. The van der Waals surface area contributed by atoms with Gasteiger partial charge in [-0.25, -0.2) is 0 Å². The van der Waals surface area contributed by atoms with Gasteiger partial charge in [0.2, 0.25) is 11.8 Å². The highest BCUT2D eigenvalue weighted by atomic mass is 16.5. The van der Waals surface area contributed by atoms with E-state index in [1.807, 2.05) is 17.0 Å². The van der Waals surface area contributed by atoms with Crippen LogP contribution in [-0.4, -0.2) is 75.0 Å². The van der Waals surface area contributed by atoms with E-state index in [-0.39, 0.29) is 24.9 Å². The molecule has 3 rings (SSSR count). The first-order valence-corrected chi connectivity index (χ1v) is 10.2. The minimum Gasteiger partial charge on any atom is -0.497 e. The van der Waals surface area contributed by atoms with Crippen molar-refractivity contribution in [1.29, 1.82) is 0 Å². The number of likely N-dealkylation sites (N-methyl/N-ethyl adjacent to an activating group) is 1. The zero-order valence-corrected chi connectivity index (χ0v) is 17.9. The molecule has 1 saturated heterocycles. The van der Waals surface area contributed by atoms with E-state index >= 15 is 0 Å². The second kappa shape index (κ2) is 10.1. The predicted octanol–water partition coefficient (Wildman–Crippen LogP) is 2.22. The summed E-state index contributed by atoms with van der Waals surface area (Å²) in [5.74, 6) is 0.569. The Morgan fingerprint density at radius 1 is 1.03 bits per heavy atom. The molecule has 1 heterocycles. The SMILES string of the molecule is COc1cccc(NC(=O)CN(C)CC(=O)N2CCN(c3cccc(C)c3)CC2)c1. The number of hydrogen-bond acceptors (Lipinski definition) is 5. The number of ether oxygens (including phenoxy) is 1. The third-order valence-corrected chi connectivity index (χ3v) is 5.17. The Kier molecular flexibility index (Phi) is 7.30. The van der Waals surface area contributed by atoms with Gasteiger partial charge >= 0.3 is 0 Å². The fourth-order valence-electron chi connectivity index (χ4n) is 3.57. The van der Waals surface area contributed by atoms with Crippen LogP contribution in [0.5, 0.6) is 5.75 Å². The molecule has 0 bridgehead atoms. The van der Waals surface area contributed by atoms with Gasteiger partial charge < -0.3 is 19.9 Å². The minimum absolute atomic E-state index is 0.0515. The fraction of sp³-hybridized carbons (Fsp3) is 0.391. The summed E-state index contributed by atoms with van der Waals surface area (Å²) in [7, 11) is 3.37. The first-order valence-electron chi connectivity index (χ1n) is 10.2. The van der Waals surface area contributed by atoms with Crippen molar-refractivity contribution in [3.63, 3.8) is 0 Å². The van der Waals surface area contributed by atoms with Crippen molar-refractivity contribution in [2.75, 3.05) is 63.6 Å². The quantitative estimate of drug-likeness (QED) is 0.758. The van der Waals surface area contributed by atoms with Crippen molar-refractivity contribution >= 4 is 23.2 Å². The molecule has 1 aliphatic rings. The van der Waals surface area contributed by atoms with E-state index < -0.39 is 0 Å². The Morgan fingerprint density at radius 3 is 2.47 bits per heavy atom. The maximum absolute atomic E-state index is 12.6. The Bertz CT molecular complexity index is 878. The summed E-state index contributed by atoms with van der Waals surface area (Å²) in [4.78, 5) is 30.9. The van der Waals surface area contributed by atoms with E-state index in [1.165, 1.54) is 11.3 Å². The Morgan fingerprint density at radius 2 is 1.77 bits per heavy atom. The van der Waals surface area contributed by atoms with Gasteiger partial charge in [0.15, 0.2) is 0 Å². The van der Waals surface area contributed by atoms with Gasteiger partial charge in [-0.1, -0.05) is 18.2 Å². The number of carbonyl (C=O) groups is 2. The summed E-state index contributed by atoms with van der Waals surface area (Å²) < 4.78 is 5.16. The standard InChI is InChI=1S/C23H30N4O3/c1-18-6-4-8-20(14-18)26-10-12-27(13-11-26)23(29)17-25(2)16-22(28)24-19-7-5-9-21(15-19)30-3/h4-9,14-15H,10-13,16-17H2,1-3H3,(H,24,28). The summed E-state index contributed by atoms with van der Waals surface area (Å²) in [5, 5.41) is 2.84. The molecule has 0 spiro atoms. The number of anilines is 2. The topological polar surface area (TPSA) is 65.1 Å². The van der Waals surface area contributed by atoms with Crippen molar-refractivity contribution in [1.82, 2.24) is 9.80 Å². The molecule has 2 aromatic rings. The number of benzene rings is 2. The molecule has 1 aliphatic heterocycles. The second-order valence-corrected chi connectivity index (χ2v) is 7.66. The first-order chi connectivity index (χ1) is 14.4. The Balaban J connectivity index is 1.43. The third kappa shape index (κ3) is 5.97. The Hall–Kier alpha value is -3.06. The number of hydrogen-bond donors (Lipinski definition) is 1. The molecular weight excluding hydrogens is 380 g/mol. The molecule has 7 heteroatoms. The number of aryl methyl sites for hydroxylation is 1. The highest BCUT2D eigenvalue weighted by Gasteiger charge is 2.22. The summed E-state index contributed by atoms with van der Waals surface area (Å²) in [6.07, 6.45) is 0. The molecule has 1 N–H and O–H groups in total. The van der Waals surface area contributed by atoms with Gasteiger partial charge in [-0.15, -0.1) is 0 Å². The summed E-state index contributed by atoms with van der Waals surface area (Å²) >= 11 is 0. The summed E-state index contributed by atoms with van der Waals surface area (Å²) in [5.41, 5.74) is 3.11. The van der Waals surface area contributed by atoms with Gasteiger partial charge in [-0.3, -0.25) is 14.5 Å². The molecule has 7 nitrogen and oxygen atoms in total. The molecule has 2 amide bonds. The highest BCUT2D eigenvalue weighted by molar-refractivity contribution is 5.92. The van der Waals surface area contributed by atoms with Crippen LogP contribution in [0.4, 0.5) is 11.4 Å². The van der Waals surface area contributed by atoms with Gasteiger partial charge in [0, 0.05) is 43.6 Å². The molecule has 30 heavy (non-hydrogen) atoms. The molecule has 160 valence electrons. The number of rotatable bonds is 7. The second-order valence-electron chi connectivity index (χ2n) is 7.66. The van der Waals surface area contributed by atoms with Crippen molar-refractivity contribution < 1.29 is 14.3 Å². The molecule has 0 aliphatic carbocycles. The van der Waals surface area contributed by atoms with E-state index in [0.717, 1.165) is 13.1 Å². The van der Waals surface area contributed by atoms with E-state index in [2.05, 4.69) is 41.4 Å². The Labute approximate surface area is 178 Å². The number of methoxy groups -OCH3 is 1. The van der Waals surface area contributed by atoms with Crippen LogP contribution in [0.25, 0.3) is 0 Å². The smallest absolute Gasteiger partial charge is 0.238 e. The molecule has 0 radical (unpaired) electrons. The van der Waals surface area contributed by atoms with Crippen molar-refractivity contribution in [3.05, 3.63) is 54.1 Å². The van der Waals surface area contributed by atoms with Crippen LogP contribution in [0.3, 0.4) is 0 Å². The van der Waals surface area contributed by atoms with Crippen LogP contribution in [0.15, 0.2) is 48.5 Å². The number of nitrogens with one attached hydrogen (secondary N) is 1. The van der Waals surface area contributed by atoms with E-state index in [0.29, 0.717) is 24.5 Å². The molecule has 0 saturated carbocycles. The molecule has 1 fully saturated rings. The van der Waals surface area contributed by atoms with Crippen LogP contribution < -0.4 is 15.0 Å². The molecule has 0 atom stereocenters. The van der Waals surface area contributed by atoms with Crippen LogP contribution >= 0.6 is 0 Å². The lowest BCUT2D eigenvalue weighted by atomic mass is 10.2. The minimum atomic E-state index is -0.164. The van der Waals surface area contributed by atoms with E-state index in [1.54, 1.807) is 31.2 Å². The molecular formula is C23H30N4O3. The monoisotopic (exact) mass is 410 g/mol. The van der Waals surface area contributed by atoms with Gasteiger partial charge in [0.05, 0.1) is 20.2 Å². The molecule has 0 unspecified atom stereocenters. The van der Waals surface area contributed by atoms with E-state index in [4.69, 9.17) is 4.74 Å². The van der Waals surface area contributed by atoms with Gasteiger partial charge in [0.25, 0.3) is 0 Å².